The molecule has 23 heavy (non-hydrogen) atoms. The molecule has 0 aromatic heterocycles. The van der Waals surface area contributed by atoms with Gasteiger partial charge in [0.25, 0.3) is 0 Å². The Balaban J connectivity index is 1.82. The average Bonchev–Trinajstić information content (AvgIpc) is 2.79. The van der Waals surface area contributed by atoms with Crippen LogP contribution in [0.3, 0.4) is 0 Å². The van der Waals surface area contributed by atoms with Crippen molar-refractivity contribution in [2.75, 3.05) is 14.2 Å². The summed E-state index contributed by atoms with van der Waals surface area (Å²) in [4.78, 5) is 14.5. The van der Waals surface area contributed by atoms with E-state index in [1.165, 1.54) is 31.9 Å². The van der Waals surface area contributed by atoms with Crippen molar-refractivity contribution in [1.29, 1.82) is 0 Å². The SMILES string of the molecule is CC[C@H]1C[C@@H]2[C@@H](CC(=O)OC)[C@@H](Cc3ccccc3)C[C@H]1N2C. The van der Waals surface area contributed by atoms with Crippen molar-refractivity contribution in [3.05, 3.63) is 35.9 Å². The lowest BCUT2D eigenvalue weighted by atomic mass is 9.75. The summed E-state index contributed by atoms with van der Waals surface area (Å²) in [6.07, 6.45) is 5.34. The van der Waals surface area contributed by atoms with Gasteiger partial charge in [0.15, 0.2) is 0 Å². The maximum atomic E-state index is 12.0. The molecule has 2 aliphatic rings. The summed E-state index contributed by atoms with van der Waals surface area (Å²) >= 11 is 0. The Morgan fingerprint density at radius 2 is 1.87 bits per heavy atom. The zero-order valence-corrected chi connectivity index (χ0v) is 14.6. The highest BCUT2D eigenvalue weighted by Crippen LogP contribution is 2.47. The van der Waals surface area contributed by atoms with Crippen molar-refractivity contribution in [3.63, 3.8) is 0 Å². The van der Waals surface area contributed by atoms with Crippen LogP contribution in [0.1, 0.15) is 38.2 Å². The first-order chi connectivity index (χ1) is 11.1. The van der Waals surface area contributed by atoms with Crippen molar-refractivity contribution in [1.82, 2.24) is 4.90 Å². The van der Waals surface area contributed by atoms with E-state index < -0.39 is 0 Å². The molecule has 3 nitrogen and oxygen atoms in total. The molecule has 3 heteroatoms. The van der Waals surface area contributed by atoms with Gasteiger partial charge in [-0.15, -0.1) is 0 Å². The molecule has 0 amide bonds. The Morgan fingerprint density at radius 3 is 2.52 bits per heavy atom. The lowest BCUT2D eigenvalue weighted by molar-refractivity contribution is -0.143. The van der Waals surface area contributed by atoms with Gasteiger partial charge in [0.1, 0.15) is 0 Å². The van der Waals surface area contributed by atoms with E-state index in [0.29, 0.717) is 30.3 Å². The lowest BCUT2D eigenvalue weighted by Gasteiger charge is -2.43. The predicted octanol–water partition coefficient (Wildman–Crippen LogP) is 3.53. The number of methoxy groups -OCH3 is 1. The molecule has 0 aliphatic carbocycles. The molecule has 2 aliphatic heterocycles. The highest BCUT2D eigenvalue weighted by molar-refractivity contribution is 5.69. The van der Waals surface area contributed by atoms with E-state index in [4.69, 9.17) is 4.74 Å². The second-order valence-electron chi connectivity index (χ2n) is 7.33. The third-order valence-electron chi connectivity index (χ3n) is 6.27. The van der Waals surface area contributed by atoms with Crippen molar-refractivity contribution < 1.29 is 9.53 Å². The van der Waals surface area contributed by atoms with Crippen LogP contribution in [0.15, 0.2) is 30.3 Å². The van der Waals surface area contributed by atoms with Crippen molar-refractivity contribution in [3.8, 4) is 0 Å². The smallest absolute Gasteiger partial charge is 0.305 e. The molecule has 0 radical (unpaired) electrons. The second kappa shape index (κ2) is 7.04. The number of carbonyl (C=O) groups excluding carboxylic acids is 1. The Hall–Kier alpha value is -1.35. The van der Waals surface area contributed by atoms with Crippen LogP contribution in [0, 0.1) is 17.8 Å². The summed E-state index contributed by atoms with van der Waals surface area (Å²) < 4.78 is 4.99. The fourth-order valence-electron chi connectivity index (χ4n) is 5.02. The molecule has 2 saturated heterocycles. The average molecular weight is 315 g/mol. The highest BCUT2D eigenvalue weighted by Gasteiger charge is 2.49. The Labute approximate surface area is 140 Å². The fraction of sp³-hybridized carbons (Fsp3) is 0.650. The minimum absolute atomic E-state index is 0.0557. The molecule has 0 N–H and O–H groups in total. The number of fused-ring (bicyclic) bond motifs is 2. The van der Waals surface area contributed by atoms with Crippen LogP contribution in [0.25, 0.3) is 0 Å². The summed E-state index contributed by atoms with van der Waals surface area (Å²) in [6, 6.07) is 12.0. The standard InChI is InChI=1S/C20H29NO2/c1-4-15-11-19-17(13-20(22)23-3)16(12-18(15)21(19)2)10-14-8-6-5-7-9-14/h5-9,15-19H,4,10-13H2,1-3H3/t15-,16-,17-,18+,19+/m0/s1. The van der Waals surface area contributed by atoms with Gasteiger partial charge in [0.2, 0.25) is 0 Å². The van der Waals surface area contributed by atoms with Gasteiger partial charge in [-0.05, 0) is 49.6 Å². The number of carbonyl (C=O) groups is 1. The van der Waals surface area contributed by atoms with E-state index in [1.54, 1.807) is 0 Å². The molecule has 1 aromatic carbocycles. The molecular weight excluding hydrogens is 286 g/mol. The first-order valence-corrected chi connectivity index (χ1v) is 8.96. The quantitative estimate of drug-likeness (QED) is 0.779. The Kier molecular flexibility index (Phi) is 5.05. The number of ether oxygens (including phenoxy) is 1. The van der Waals surface area contributed by atoms with Gasteiger partial charge >= 0.3 is 5.97 Å². The van der Waals surface area contributed by atoms with Gasteiger partial charge < -0.3 is 4.74 Å². The van der Waals surface area contributed by atoms with E-state index in [1.807, 2.05) is 0 Å². The molecule has 0 spiro atoms. The Morgan fingerprint density at radius 1 is 1.17 bits per heavy atom. The molecule has 2 fully saturated rings. The van der Waals surface area contributed by atoms with E-state index in [-0.39, 0.29) is 5.97 Å². The van der Waals surface area contributed by atoms with E-state index in [9.17, 15) is 4.79 Å². The summed E-state index contributed by atoms with van der Waals surface area (Å²) in [7, 11) is 3.77. The summed E-state index contributed by atoms with van der Waals surface area (Å²) in [5, 5.41) is 0. The van der Waals surface area contributed by atoms with E-state index in [0.717, 1.165) is 12.3 Å². The number of nitrogens with zero attached hydrogens (tertiary/aromatic N) is 1. The lowest BCUT2D eigenvalue weighted by Crippen LogP contribution is -2.48. The molecule has 0 unspecified atom stereocenters. The van der Waals surface area contributed by atoms with Crippen LogP contribution in [-0.4, -0.2) is 37.1 Å². The number of hydrogen-bond acceptors (Lipinski definition) is 3. The number of esters is 1. The minimum atomic E-state index is -0.0557. The maximum Gasteiger partial charge on any atom is 0.305 e. The van der Waals surface area contributed by atoms with Gasteiger partial charge in [0, 0.05) is 12.1 Å². The Bertz CT molecular complexity index is 530. The molecule has 0 saturated carbocycles. The normalized spacial score (nSPS) is 33.6. The molecule has 126 valence electrons. The van der Waals surface area contributed by atoms with Crippen LogP contribution in [0.4, 0.5) is 0 Å². The number of piperidine rings is 1. The van der Waals surface area contributed by atoms with Crippen LogP contribution in [0.2, 0.25) is 0 Å². The molecule has 2 bridgehead atoms. The zero-order valence-electron chi connectivity index (χ0n) is 14.6. The third kappa shape index (κ3) is 3.30. The molecule has 2 heterocycles. The van der Waals surface area contributed by atoms with E-state index >= 15 is 0 Å². The van der Waals surface area contributed by atoms with Gasteiger partial charge in [-0.2, -0.15) is 0 Å². The molecular formula is C20H29NO2. The number of benzene rings is 1. The van der Waals surface area contributed by atoms with Crippen molar-refractivity contribution >= 4 is 5.97 Å². The minimum Gasteiger partial charge on any atom is -0.469 e. The highest BCUT2D eigenvalue weighted by atomic mass is 16.5. The second-order valence-corrected chi connectivity index (χ2v) is 7.33. The van der Waals surface area contributed by atoms with Crippen LogP contribution in [-0.2, 0) is 16.0 Å². The monoisotopic (exact) mass is 315 g/mol. The number of hydrogen-bond donors (Lipinski definition) is 0. The summed E-state index contributed by atoms with van der Waals surface area (Å²) in [6.45, 7) is 2.31. The largest absolute Gasteiger partial charge is 0.469 e. The topological polar surface area (TPSA) is 29.5 Å². The van der Waals surface area contributed by atoms with Gasteiger partial charge in [-0.3, -0.25) is 9.69 Å². The predicted molar refractivity (Wildman–Crippen MR) is 92.1 cm³/mol. The molecule has 5 atom stereocenters. The first kappa shape index (κ1) is 16.5. The third-order valence-corrected chi connectivity index (χ3v) is 6.27. The van der Waals surface area contributed by atoms with Crippen molar-refractivity contribution in [2.24, 2.45) is 17.8 Å². The number of rotatable bonds is 5. The molecule has 1 aromatic rings. The zero-order chi connectivity index (χ0) is 16.4. The van der Waals surface area contributed by atoms with Crippen molar-refractivity contribution in [2.45, 2.75) is 51.1 Å². The fourth-order valence-corrected chi connectivity index (χ4v) is 5.02. The van der Waals surface area contributed by atoms with Crippen LogP contribution >= 0.6 is 0 Å². The summed E-state index contributed by atoms with van der Waals surface area (Å²) in [5.41, 5.74) is 1.39. The van der Waals surface area contributed by atoms with Gasteiger partial charge in [-0.1, -0.05) is 43.7 Å². The van der Waals surface area contributed by atoms with E-state index in [2.05, 4.69) is 49.2 Å². The first-order valence-electron chi connectivity index (χ1n) is 8.96. The van der Waals surface area contributed by atoms with Gasteiger partial charge in [-0.25, -0.2) is 0 Å². The van der Waals surface area contributed by atoms with Crippen LogP contribution in [0.5, 0.6) is 0 Å². The van der Waals surface area contributed by atoms with Gasteiger partial charge in [0.05, 0.1) is 13.5 Å². The molecule has 3 rings (SSSR count). The summed E-state index contributed by atoms with van der Waals surface area (Å²) in [5.74, 6) is 1.73. The maximum absolute atomic E-state index is 12.0. The van der Waals surface area contributed by atoms with Crippen LogP contribution < -0.4 is 0 Å².